The average Bonchev–Trinajstić information content (AvgIpc) is 3.15. The van der Waals surface area contributed by atoms with Gasteiger partial charge in [-0.15, -0.1) is 0 Å². The maximum absolute atomic E-state index is 11.8. The first-order valence-electron chi connectivity index (χ1n) is 9.10. The Morgan fingerprint density at radius 2 is 2.10 bits per heavy atom. The summed E-state index contributed by atoms with van der Waals surface area (Å²) in [6, 6.07) is 7.20. The quantitative estimate of drug-likeness (QED) is 0.604. The molecule has 10 nitrogen and oxygen atoms in total. The number of carbonyl (C=O) groups excluding carboxylic acids is 1. The third kappa shape index (κ3) is 3.45. The number of hydrogen-bond acceptors (Lipinski definition) is 8. The zero-order valence-electron chi connectivity index (χ0n) is 15.9. The van der Waals surface area contributed by atoms with Gasteiger partial charge < -0.3 is 25.4 Å². The molecule has 148 valence electrons. The van der Waals surface area contributed by atoms with Crippen LogP contribution >= 0.6 is 0 Å². The van der Waals surface area contributed by atoms with Crippen molar-refractivity contribution in [1.82, 2.24) is 14.6 Å². The maximum Gasteiger partial charge on any atom is 0.224 e. The van der Waals surface area contributed by atoms with Crippen molar-refractivity contribution in [2.24, 2.45) is 0 Å². The molecule has 4 rings (SSSR count). The Labute approximate surface area is 166 Å². The van der Waals surface area contributed by atoms with Crippen molar-refractivity contribution in [2.45, 2.75) is 13.3 Å². The first-order chi connectivity index (χ1) is 14.1. The van der Waals surface area contributed by atoms with E-state index in [2.05, 4.69) is 32.1 Å². The lowest BCUT2D eigenvalue weighted by atomic mass is 10.1. The van der Waals surface area contributed by atoms with E-state index in [1.165, 1.54) is 0 Å². The summed E-state index contributed by atoms with van der Waals surface area (Å²) in [5, 5.41) is 22.7. The van der Waals surface area contributed by atoms with Crippen LogP contribution in [0.5, 0.6) is 11.5 Å². The molecular weight excluding hydrogens is 374 g/mol. The lowest BCUT2D eigenvalue weighted by Crippen LogP contribution is -2.16. The third-order valence-corrected chi connectivity index (χ3v) is 4.36. The van der Waals surface area contributed by atoms with Gasteiger partial charge >= 0.3 is 0 Å². The van der Waals surface area contributed by atoms with E-state index in [-0.39, 0.29) is 5.91 Å². The number of nitrogens with zero attached hydrogens (tertiary/aromatic N) is 4. The van der Waals surface area contributed by atoms with Gasteiger partial charge in [0.1, 0.15) is 30.5 Å². The van der Waals surface area contributed by atoms with Gasteiger partial charge in [0.15, 0.2) is 17.1 Å². The first-order valence-corrected chi connectivity index (χ1v) is 9.10. The standard InChI is InChI=1S/C19H19N7O3/c1-3-17(27)24-13-10-22-26-16(21-2)8-15(25-19(13)26)23-12-6-11(9-20)7-14-18(12)29-5-4-28-14/h6-8,10,21H,3-5H2,1-2H3,(H,23,25)(H,24,27). The molecule has 1 aromatic carbocycles. The third-order valence-electron chi connectivity index (χ3n) is 4.36. The Morgan fingerprint density at radius 1 is 1.28 bits per heavy atom. The summed E-state index contributed by atoms with van der Waals surface area (Å²) in [7, 11) is 1.76. The van der Waals surface area contributed by atoms with Crippen LogP contribution in [0.25, 0.3) is 5.65 Å². The summed E-state index contributed by atoms with van der Waals surface area (Å²) >= 11 is 0. The van der Waals surface area contributed by atoms with Gasteiger partial charge in [0.25, 0.3) is 0 Å². The number of amides is 1. The molecule has 3 heterocycles. The molecule has 0 atom stereocenters. The number of rotatable bonds is 5. The summed E-state index contributed by atoms with van der Waals surface area (Å²) in [6.07, 6.45) is 1.90. The molecule has 0 unspecified atom stereocenters. The normalized spacial score (nSPS) is 12.3. The van der Waals surface area contributed by atoms with Crippen LogP contribution in [-0.4, -0.2) is 40.8 Å². The monoisotopic (exact) mass is 393 g/mol. The van der Waals surface area contributed by atoms with Gasteiger partial charge in [0, 0.05) is 25.6 Å². The van der Waals surface area contributed by atoms with Crippen LogP contribution in [-0.2, 0) is 4.79 Å². The van der Waals surface area contributed by atoms with E-state index < -0.39 is 0 Å². The van der Waals surface area contributed by atoms with Crippen LogP contribution in [0.1, 0.15) is 18.9 Å². The minimum atomic E-state index is -0.132. The van der Waals surface area contributed by atoms with Gasteiger partial charge in [-0.2, -0.15) is 14.9 Å². The van der Waals surface area contributed by atoms with Crippen LogP contribution in [0.3, 0.4) is 0 Å². The summed E-state index contributed by atoms with van der Waals surface area (Å²) < 4.78 is 12.9. The Hall–Kier alpha value is -4.00. The highest BCUT2D eigenvalue weighted by molar-refractivity contribution is 5.94. The molecular formula is C19H19N7O3. The molecule has 1 aliphatic heterocycles. The van der Waals surface area contributed by atoms with E-state index >= 15 is 0 Å². The highest BCUT2D eigenvalue weighted by Gasteiger charge is 2.19. The van der Waals surface area contributed by atoms with Crippen LogP contribution in [0.15, 0.2) is 24.4 Å². The van der Waals surface area contributed by atoms with Crippen molar-refractivity contribution < 1.29 is 14.3 Å². The number of ether oxygens (including phenoxy) is 2. The van der Waals surface area contributed by atoms with Crippen LogP contribution in [0, 0.1) is 11.3 Å². The lowest BCUT2D eigenvalue weighted by Gasteiger charge is -2.22. The van der Waals surface area contributed by atoms with E-state index in [1.807, 2.05) is 0 Å². The van der Waals surface area contributed by atoms with Crippen LogP contribution in [0.2, 0.25) is 0 Å². The number of aromatic nitrogens is 3. The van der Waals surface area contributed by atoms with Gasteiger partial charge in [-0.1, -0.05) is 6.92 Å². The molecule has 2 aromatic heterocycles. The molecule has 0 spiro atoms. The van der Waals surface area contributed by atoms with Gasteiger partial charge in [-0.3, -0.25) is 4.79 Å². The molecule has 0 fully saturated rings. The van der Waals surface area contributed by atoms with Crippen molar-refractivity contribution in [2.75, 3.05) is 36.2 Å². The van der Waals surface area contributed by atoms with Crippen LogP contribution in [0.4, 0.5) is 23.0 Å². The first kappa shape index (κ1) is 18.4. The topological polar surface area (TPSA) is 126 Å². The van der Waals surface area contributed by atoms with Crippen molar-refractivity contribution in [3.05, 3.63) is 30.0 Å². The predicted molar refractivity (Wildman–Crippen MR) is 107 cm³/mol. The molecule has 29 heavy (non-hydrogen) atoms. The fourth-order valence-electron chi connectivity index (χ4n) is 2.98. The van der Waals surface area contributed by atoms with E-state index in [9.17, 15) is 10.1 Å². The Balaban J connectivity index is 1.78. The zero-order chi connectivity index (χ0) is 20.4. The molecule has 0 bridgehead atoms. The van der Waals surface area contributed by atoms with E-state index in [1.54, 1.807) is 42.9 Å². The number of anilines is 4. The van der Waals surface area contributed by atoms with Gasteiger partial charge in [0.2, 0.25) is 5.91 Å². The summed E-state index contributed by atoms with van der Waals surface area (Å²) in [6.45, 7) is 2.61. The average molecular weight is 393 g/mol. The zero-order valence-corrected chi connectivity index (χ0v) is 15.9. The second kappa shape index (κ2) is 7.55. The number of fused-ring (bicyclic) bond motifs is 2. The minimum absolute atomic E-state index is 0.132. The van der Waals surface area contributed by atoms with E-state index in [4.69, 9.17) is 9.47 Å². The Morgan fingerprint density at radius 3 is 2.86 bits per heavy atom. The number of benzene rings is 1. The molecule has 0 saturated carbocycles. The molecule has 3 N–H and O–H groups in total. The Bertz CT molecular complexity index is 1130. The number of hydrogen-bond donors (Lipinski definition) is 3. The second-order valence-electron chi connectivity index (χ2n) is 6.26. The fourth-order valence-corrected chi connectivity index (χ4v) is 2.98. The summed E-state index contributed by atoms with van der Waals surface area (Å²) in [5.41, 5.74) is 1.98. The second-order valence-corrected chi connectivity index (χ2v) is 6.26. The molecule has 0 radical (unpaired) electrons. The molecule has 1 aliphatic rings. The highest BCUT2D eigenvalue weighted by Crippen LogP contribution is 2.40. The van der Waals surface area contributed by atoms with Crippen molar-refractivity contribution >= 4 is 34.6 Å². The SMILES string of the molecule is CCC(=O)Nc1cnn2c(NC)cc(Nc3cc(C#N)cc4c3OCCO4)nc12. The number of nitriles is 1. The highest BCUT2D eigenvalue weighted by atomic mass is 16.6. The minimum Gasteiger partial charge on any atom is -0.486 e. The largest absolute Gasteiger partial charge is 0.486 e. The van der Waals surface area contributed by atoms with E-state index in [0.29, 0.717) is 65.4 Å². The smallest absolute Gasteiger partial charge is 0.224 e. The fraction of sp³-hybridized carbons (Fsp3) is 0.263. The van der Waals surface area contributed by atoms with Crippen LogP contribution < -0.4 is 25.4 Å². The summed E-state index contributed by atoms with van der Waals surface area (Å²) in [5.74, 6) is 2.05. The van der Waals surface area contributed by atoms with Crippen molar-refractivity contribution in [3.8, 4) is 17.6 Å². The number of nitrogens with one attached hydrogen (secondary N) is 3. The summed E-state index contributed by atoms with van der Waals surface area (Å²) in [4.78, 5) is 16.4. The van der Waals surface area contributed by atoms with Crippen molar-refractivity contribution in [3.63, 3.8) is 0 Å². The molecule has 0 aliphatic carbocycles. The molecule has 10 heteroatoms. The molecule has 0 saturated heterocycles. The molecule has 3 aromatic rings. The van der Waals surface area contributed by atoms with Gasteiger partial charge in [0.05, 0.1) is 23.5 Å². The molecule has 1 amide bonds. The van der Waals surface area contributed by atoms with E-state index in [0.717, 1.165) is 0 Å². The number of carbonyl (C=O) groups is 1. The van der Waals surface area contributed by atoms with Gasteiger partial charge in [-0.25, -0.2) is 4.98 Å². The Kier molecular flexibility index (Phi) is 4.78. The lowest BCUT2D eigenvalue weighted by molar-refractivity contribution is -0.115. The van der Waals surface area contributed by atoms with Crippen molar-refractivity contribution in [1.29, 1.82) is 5.26 Å². The predicted octanol–water partition coefficient (Wildman–Crippen LogP) is 2.51. The van der Waals surface area contributed by atoms with Gasteiger partial charge in [-0.05, 0) is 6.07 Å². The maximum atomic E-state index is 11.8.